The molecule has 3 saturated carbocycles. The van der Waals surface area contributed by atoms with Gasteiger partial charge in [-0.3, -0.25) is 0 Å². The molecule has 0 aromatic carbocycles. The van der Waals surface area contributed by atoms with E-state index >= 15 is 0 Å². The molecule has 3 rings (SSSR count). The standard InChI is InChI=1S/C20H38NP/c1-15(22)9-10-16-7-3-4-8-18-17(16)11-14-20(21)13-6-5-12-19(18,20)2/h15-18H,3-14,21-22H2,1-2H3. The highest BCUT2D eigenvalue weighted by Crippen LogP contribution is 2.60. The maximum atomic E-state index is 7.02. The van der Waals surface area contributed by atoms with Gasteiger partial charge in [0, 0.05) is 5.54 Å². The lowest BCUT2D eigenvalue weighted by molar-refractivity contribution is -0.0720. The number of rotatable bonds is 3. The van der Waals surface area contributed by atoms with Gasteiger partial charge in [0.05, 0.1) is 0 Å². The van der Waals surface area contributed by atoms with Crippen LogP contribution in [0, 0.1) is 23.2 Å². The lowest BCUT2D eigenvalue weighted by atomic mass is 9.47. The smallest absolute Gasteiger partial charge is 0.0211 e. The summed E-state index contributed by atoms with van der Waals surface area (Å²) in [6.07, 6.45) is 16.9. The van der Waals surface area contributed by atoms with Gasteiger partial charge in [-0.2, -0.15) is 0 Å². The van der Waals surface area contributed by atoms with E-state index in [1.165, 1.54) is 77.0 Å². The third-order valence-electron chi connectivity index (χ3n) is 7.90. The number of fused-ring (bicyclic) bond motifs is 3. The molecule has 7 unspecified atom stereocenters. The number of hydrogen-bond donors (Lipinski definition) is 1. The molecular weight excluding hydrogens is 285 g/mol. The second kappa shape index (κ2) is 6.72. The summed E-state index contributed by atoms with van der Waals surface area (Å²) < 4.78 is 0. The average Bonchev–Trinajstić information content (AvgIpc) is 2.68. The van der Waals surface area contributed by atoms with Crippen molar-refractivity contribution >= 4 is 9.24 Å². The Morgan fingerprint density at radius 2 is 1.77 bits per heavy atom. The molecule has 0 bridgehead atoms. The van der Waals surface area contributed by atoms with Crippen molar-refractivity contribution in [2.24, 2.45) is 28.9 Å². The summed E-state index contributed by atoms with van der Waals surface area (Å²) in [7, 11) is 3.00. The van der Waals surface area contributed by atoms with Crippen molar-refractivity contribution in [3.05, 3.63) is 0 Å². The van der Waals surface area contributed by atoms with Gasteiger partial charge in [0.15, 0.2) is 0 Å². The minimum Gasteiger partial charge on any atom is -0.325 e. The van der Waals surface area contributed by atoms with Gasteiger partial charge in [0.1, 0.15) is 0 Å². The van der Waals surface area contributed by atoms with E-state index < -0.39 is 0 Å². The van der Waals surface area contributed by atoms with Crippen molar-refractivity contribution in [2.45, 2.75) is 102 Å². The summed E-state index contributed by atoms with van der Waals surface area (Å²) in [5, 5.41) is 0. The normalized spacial score (nSPS) is 47.2. The molecule has 128 valence electrons. The van der Waals surface area contributed by atoms with Crippen LogP contribution >= 0.6 is 9.24 Å². The topological polar surface area (TPSA) is 26.0 Å². The Labute approximate surface area is 140 Å². The van der Waals surface area contributed by atoms with Crippen molar-refractivity contribution in [2.75, 3.05) is 0 Å². The molecular formula is C20H38NP. The van der Waals surface area contributed by atoms with Crippen LogP contribution in [-0.4, -0.2) is 11.2 Å². The number of nitrogens with two attached hydrogens (primary N) is 1. The molecule has 0 spiro atoms. The van der Waals surface area contributed by atoms with E-state index in [0.29, 0.717) is 5.41 Å². The lowest BCUT2D eigenvalue weighted by Crippen LogP contribution is -2.63. The van der Waals surface area contributed by atoms with Crippen molar-refractivity contribution < 1.29 is 0 Å². The van der Waals surface area contributed by atoms with Crippen LogP contribution in [0.3, 0.4) is 0 Å². The molecule has 0 amide bonds. The van der Waals surface area contributed by atoms with E-state index in [2.05, 4.69) is 23.1 Å². The highest BCUT2D eigenvalue weighted by molar-refractivity contribution is 7.17. The van der Waals surface area contributed by atoms with Crippen LogP contribution in [-0.2, 0) is 0 Å². The van der Waals surface area contributed by atoms with Gasteiger partial charge < -0.3 is 5.73 Å². The Morgan fingerprint density at radius 3 is 2.55 bits per heavy atom. The first-order chi connectivity index (χ1) is 10.5. The Morgan fingerprint density at radius 1 is 1.05 bits per heavy atom. The molecule has 3 fully saturated rings. The minimum absolute atomic E-state index is 0.162. The molecule has 3 aliphatic carbocycles. The van der Waals surface area contributed by atoms with E-state index in [4.69, 9.17) is 5.73 Å². The zero-order valence-electron chi connectivity index (χ0n) is 14.9. The van der Waals surface area contributed by atoms with Crippen LogP contribution in [0.15, 0.2) is 0 Å². The van der Waals surface area contributed by atoms with Crippen LogP contribution in [0.2, 0.25) is 0 Å². The first-order valence-corrected chi connectivity index (χ1v) is 10.7. The van der Waals surface area contributed by atoms with Crippen molar-refractivity contribution in [1.29, 1.82) is 0 Å². The Hall–Kier alpha value is 0.390. The Kier molecular flexibility index (Phi) is 5.26. The van der Waals surface area contributed by atoms with Gasteiger partial charge in [-0.1, -0.05) is 46.0 Å². The largest absolute Gasteiger partial charge is 0.325 e. The summed E-state index contributed by atoms with van der Waals surface area (Å²) in [4.78, 5) is 0. The van der Waals surface area contributed by atoms with Gasteiger partial charge in [-0.25, -0.2) is 0 Å². The first-order valence-electron chi connectivity index (χ1n) is 10.0. The molecule has 2 heteroatoms. The van der Waals surface area contributed by atoms with Crippen LogP contribution in [0.4, 0.5) is 0 Å². The predicted octanol–water partition coefficient (Wildman–Crippen LogP) is 5.52. The maximum Gasteiger partial charge on any atom is 0.0211 e. The van der Waals surface area contributed by atoms with Crippen LogP contribution in [0.25, 0.3) is 0 Å². The van der Waals surface area contributed by atoms with E-state index in [-0.39, 0.29) is 5.54 Å². The Balaban J connectivity index is 1.81. The fourth-order valence-corrected chi connectivity index (χ4v) is 6.64. The summed E-state index contributed by atoms with van der Waals surface area (Å²) in [6.45, 7) is 4.94. The van der Waals surface area contributed by atoms with Gasteiger partial charge >= 0.3 is 0 Å². The summed E-state index contributed by atoms with van der Waals surface area (Å²) in [5.74, 6) is 2.88. The fraction of sp³-hybridized carbons (Fsp3) is 1.00. The summed E-state index contributed by atoms with van der Waals surface area (Å²) >= 11 is 0. The first kappa shape index (κ1) is 17.2. The van der Waals surface area contributed by atoms with Crippen LogP contribution in [0.5, 0.6) is 0 Å². The maximum absolute atomic E-state index is 7.02. The second-order valence-electron chi connectivity index (χ2n) is 9.19. The monoisotopic (exact) mass is 323 g/mol. The fourth-order valence-electron chi connectivity index (χ4n) is 6.45. The van der Waals surface area contributed by atoms with Gasteiger partial charge in [0.2, 0.25) is 0 Å². The quantitative estimate of drug-likeness (QED) is 0.679. The second-order valence-corrected chi connectivity index (χ2v) is 10.3. The predicted molar refractivity (Wildman–Crippen MR) is 100 cm³/mol. The molecule has 0 aromatic rings. The summed E-state index contributed by atoms with van der Waals surface area (Å²) in [6, 6.07) is 0. The van der Waals surface area contributed by atoms with Crippen LogP contribution < -0.4 is 5.73 Å². The third-order valence-corrected chi connectivity index (χ3v) is 8.24. The molecule has 7 atom stereocenters. The van der Waals surface area contributed by atoms with Crippen molar-refractivity contribution in [3.63, 3.8) is 0 Å². The molecule has 1 nitrogen and oxygen atoms in total. The van der Waals surface area contributed by atoms with Gasteiger partial charge in [-0.05, 0) is 73.8 Å². The van der Waals surface area contributed by atoms with E-state index in [9.17, 15) is 0 Å². The minimum atomic E-state index is 0.162. The van der Waals surface area contributed by atoms with Crippen molar-refractivity contribution in [3.8, 4) is 0 Å². The van der Waals surface area contributed by atoms with Crippen LogP contribution in [0.1, 0.15) is 90.9 Å². The van der Waals surface area contributed by atoms with E-state index in [0.717, 1.165) is 23.4 Å². The molecule has 0 saturated heterocycles. The highest BCUT2D eigenvalue weighted by atomic mass is 31.0. The molecule has 3 aliphatic rings. The molecule has 0 aromatic heterocycles. The molecule has 0 aliphatic heterocycles. The lowest BCUT2D eigenvalue weighted by Gasteiger charge is -2.60. The SMILES string of the molecule is CC(P)CCC1CCCCC2C1CCC1(N)CCCCC21C. The van der Waals surface area contributed by atoms with E-state index in [1.807, 2.05) is 0 Å². The highest BCUT2D eigenvalue weighted by Gasteiger charge is 2.57. The zero-order chi connectivity index (χ0) is 15.8. The van der Waals surface area contributed by atoms with Gasteiger partial charge in [0.25, 0.3) is 0 Å². The molecule has 0 radical (unpaired) electrons. The number of hydrogen-bond acceptors (Lipinski definition) is 1. The molecule has 0 heterocycles. The summed E-state index contributed by atoms with van der Waals surface area (Å²) in [5.41, 5.74) is 8.40. The molecule has 22 heavy (non-hydrogen) atoms. The zero-order valence-corrected chi connectivity index (χ0v) is 16.1. The van der Waals surface area contributed by atoms with Gasteiger partial charge in [-0.15, -0.1) is 9.24 Å². The molecule has 2 N–H and O–H groups in total. The van der Waals surface area contributed by atoms with E-state index in [1.54, 1.807) is 0 Å². The Bertz CT molecular complexity index is 382. The third kappa shape index (κ3) is 3.02. The average molecular weight is 324 g/mol. The van der Waals surface area contributed by atoms with Crippen molar-refractivity contribution in [1.82, 2.24) is 0 Å².